The van der Waals surface area contributed by atoms with Crippen molar-refractivity contribution >= 4 is 5.97 Å². The molecule has 0 aromatic heterocycles. The fraction of sp³-hybridized carbons (Fsp3) is 0.875. The van der Waals surface area contributed by atoms with Crippen LogP contribution in [-0.2, 0) is 19.3 Å². The first kappa shape index (κ1) is 12.3. The summed E-state index contributed by atoms with van der Waals surface area (Å²) in [7, 11) is 0. The molecule has 0 saturated carbocycles. The molecule has 7 nitrogen and oxygen atoms in total. The van der Waals surface area contributed by atoms with Crippen LogP contribution in [0.2, 0.25) is 0 Å². The molecule has 1 fully saturated rings. The Balaban J connectivity index is 2.57. The van der Waals surface area contributed by atoms with Crippen molar-refractivity contribution in [1.82, 2.24) is 0 Å². The summed E-state index contributed by atoms with van der Waals surface area (Å²) in [5, 5.41) is 28.2. The van der Waals surface area contributed by atoms with Crippen LogP contribution < -0.4 is 0 Å². The number of aliphatic hydroxyl groups is 3. The number of ether oxygens (including phenoxy) is 1. The molecule has 1 aliphatic rings. The van der Waals surface area contributed by atoms with E-state index in [0.29, 0.717) is 0 Å². The van der Waals surface area contributed by atoms with Crippen LogP contribution in [0.4, 0.5) is 0 Å². The van der Waals surface area contributed by atoms with Gasteiger partial charge in [-0.15, -0.1) is 0 Å². The van der Waals surface area contributed by atoms with Crippen molar-refractivity contribution in [1.29, 1.82) is 0 Å². The van der Waals surface area contributed by atoms with E-state index in [1.165, 1.54) is 6.92 Å². The molecule has 7 heteroatoms. The number of aliphatic hydroxyl groups excluding tert-OH is 3. The second-order valence-corrected chi connectivity index (χ2v) is 3.35. The average Bonchev–Trinajstić information content (AvgIpc) is 2.14. The van der Waals surface area contributed by atoms with Gasteiger partial charge in [-0.2, -0.15) is 4.89 Å². The summed E-state index contributed by atoms with van der Waals surface area (Å²) in [4.78, 5) is 19.0. The molecule has 3 N–H and O–H groups in total. The Hall–Kier alpha value is -0.730. The molecule has 5 atom stereocenters. The lowest BCUT2D eigenvalue weighted by atomic mass is 10.0. The summed E-state index contributed by atoms with van der Waals surface area (Å²) in [5.74, 6) is -0.734. The van der Waals surface area contributed by atoms with Crippen molar-refractivity contribution in [2.24, 2.45) is 0 Å². The van der Waals surface area contributed by atoms with Gasteiger partial charge in [0, 0.05) is 6.92 Å². The highest BCUT2D eigenvalue weighted by Gasteiger charge is 2.44. The molecule has 1 rings (SSSR count). The van der Waals surface area contributed by atoms with E-state index in [9.17, 15) is 20.1 Å². The van der Waals surface area contributed by atoms with Crippen molar-refractivity contribution in [3.63, 3.8) is 0 Å². The second-order valence-electron chi connectivity index (χ2n) is 3.35. The first-order valence-corrected chi connectivity index (χ1v) is 4.47. The number of hydrogen-bond donors (Lipinski definition) is 3. The minimum atomic E-state index is -1.46. The standard InChI is InChI=1S/C8H14O7/c1-3-5(10)6(11)7(8(12)13-3)15-14-4(2)9/h3,5-8,10-12H,1-2H3/t3-,5-,6+,7+,8?/m0/s1. The summed E-state index contributed by atoms with van der Waals surface area (Å²) < 4.78 is 4.84. The summed E-state index contributed by atoms with van der Waals surface area (Å²) in [6.45, 7) is 2.58. The average molecular weight is 222 g/mol. The maximum atomic E-state index is 10.4. The van der Waals surface area contributed by atoms with Crippen LogP contribution in [0.5, 0.6) is 0 Å². The molecule has 0 aromatic rings. The third-order valence-corrected chi connectivity index (χ3v) is 2.08. The van der Waals surface area contributed by atoms with Gasteiger partial charge in [-0.25, -0.2) is 4.79 Å². The minimum Gasteiger partial charge on any atom is -0.388 e. The molecule has 1 unspecified atom stereocenters. The van der Waals surface area contributed by atoms with Crippen LogP contribution in [0.15, 0.2) is 0 Å². The molecule has 0 bridgehead atoms. The molecule has 1 saturated heterocycles. The SMILES string of the molecule is CC(=O)OO[C@H]1C(O)O[C@@H](C)[C@H](O)[C@H]1O. The molecule has 1 aliphatic heterocycles. The zero-order valence-corrected chi connectivity index (χ0v) is 8.36. The lowest BCUT2D eigenvalue weighted by Crippen LogP contribution is -2.57. The Morgan fingerprint density at radius 3 is 2.40 bits per heavy atom. The Morgan fingerprint density at radius 2 is 1.87 bits per heavy atom. The first-order valence-electron chi connectivity index (χ1n) is 4.47. The normalized spacial score (nSPS) is 41.3. The third kappa shape index (κ3) is 2.86. The van der Waals surface area contributed by atoms with Crippen LogP contribution in [-0.4, -0.2) is 52.0 Å². The molecule has 0 aromatic carbocycles. The smallest absolute Gasteiger partial charge is 0.339 e. The van der Waals surface area contributed by atoms with Crippen molar-refractivity contribution in [2.45, 2.75) is 44.6 Å². The van der Waals surface area contributed by atoms with Crippen molar-refractivity contribution in [3.05, 3.63) is 0 Å². The predicted molar refractivity (Wildman–Crippen MR) is 45.2 cm³/mol. The molecule has 0 aliphatic carbocycles. The molecule has 0 spiro atoms. The predicted octanol–water partition coefficient (Wildman–Crippen LogP) is -1.69. The van der Waals surface area contributed by atoms with Gasteiger partial charge in [0.1, 0.15) is 12.2 Å². The minimum absolute atomic E-state index is 0.729. The Kier molecular flexibility index (Phi) is 4.00. The highest BCUT2D eigenvalue weighted by molar-refractivity contribution is 5.65. The lowest BCUT2D eigenvalue weighted by molar-refractivity contribution is -0.379. The number of carbonyl (C=O) groups is 1. The Labute approximate surface area is 86.1 Å². The number of hydrogen-bond acceptors (Lipinski definition) is 7. The number of carbonyl (C=O) groups excluding carboxylic acids is 1. The van der Waals surface area contributed by atoms with Crippen LogP contribution in [0, 0.1) is 0 Å². The molecule has 15 heavy (non-hydrogen) atoms. The fourth-order valence-electron chi connectivity index (χ4n) is 1.25. The van der Waals surface area contributed by atoms with Gasteiger partial charge in [0.05, 0.1) is 6.10 Å². The van der Waals surface area contributed by atoms with Gasteiger partial charge in [0.15, 0.2) is 12.4 Å². The Bertz CT molecular complexity index is 231. The maximum Gasteiger partial charge on any atom is 0.339 e. The highest BCUT2D eigenvalue weighted by Crippen LogP contribution is 2.21. The van der Waals surface area contributed by atoms with Gasteiger partial charge < -0.3 is 20.1 Å². The van der Waals surface area contributed by atoms with Crippen molar-refractivity contribution in [2.75, 3.05) is 0 Å². The van der Waals surface area contributed by atoms with Crippen LogP contribution in [0.3, 0.4) is 0 Å². The van der Waals surface area contributed by atoms with Gasteiger partial charge in [-0.05, 0) is 6.92 Å². The maximum absolute atomic E-state index is 10.4. The van der Waals surface area contributed by atoms with Crippen LogP contribution in [0.25, 0.3) is 0 Å². The molecular weight excluding hydrogens is 208 g/mol. The second kappa shape index (κ2) is 4.86. The van der Waals surface area contributed by atoms with E-state index in [2.05, 4.69) is 9.78 Å². The molecule has 88 valence electrons. The van der Waals surface area contributed by atoms with Crippen LogP contribution in [0.1, 0.15) is 13.8 Å². The van der Waals surface area contributed by atoms with E-state index in [1.54, 1.807) is 0 Å². The van der Waals surface area contributed by atoms with E-state index in [1.807, 2.05) is 0 Å². The number of rotatable bonds is 2. The zero-order valence-electron chi connectivity index (χ0n) is 8.36. The molecule has 1 heterocycles. The van der Waals surface area contributed by atoms with Crippen LogP contribution >= 0.6 is 0 Å². The summed E-state index contributed by atoms with van der Waals surface area (Å²) in [6.07, 6.45) is -6.11. The fourth-order valence-corrected chi connectivity index (χ4v) is 1.25. The van der Waals surface area contributed by atoms with Gasteiger partial charge >= 0.3 is 5.97 Å². The summed E-state index contributed by atoms with van der Waals surface area (Å²) >= 11 is 0. The van der Waals surface area contributed by atoms with E-state index in [4.69, 9.17) is 4.74 Å². The highest BCUT2D eigenvalue weighted by atomic mass is 17.2. The van der Waals surface area contributed by atoms with E-state index < -0.39 is 36.7 Å². The lowest BCUT2D eigenvalue weighted by Gasteiger charge is -2.37. The summed E-state index contributed by atoms with van der Waals surface area (Å²) in [6, 6.07) is 0. The van der Waals surface area contributed by atoms with Gasteiger partial charge in [-0.1, -0.05) is 0 Å². The van der Waals surface area contributed by atoms with Crippen molar-refractivity contribution in [3.8, 4) is 0 Å². The molecule has 0 amide bonds. The van der Waals surface area contributed by atoms with E-state index >= 15 is 0 Å². The third-order valence-electron chi connectivity index (χ3n) is 2.08. The molecule has 0 radical (unpaired) electrons. The Morgan fingerprint density at radius 1 is 1.27 bits per heavy atom. The van der Waals surface area contributed by atoms with E-state index in [0.717, 1.165) is 6.92 Å². The van der Waals surface area contributed by atoms with E-state index in [-0.39, 0.29) is 0 Å². The topological polar surface area (TPSA) is 105 Å². The largest absolute Gasteiger partial charge is 0.388 e. The zero-order chi connectivity index (χ0) is 11.6. The van der Waals surface area contributed by atoms with Gasteiger partial charge in [0.25, 0.3) is 0 Å². The first-order chi connectivity index (χ1) is 6.93. The van der Waals surface area contributed by atoms with Gasteiger partial charge in [-0.3, -0.25) is 4.89 Å². The summed E-state index contributed by atoms with van der Waals surface area (Å²) in [5.41, 5.74) is 0. The quantitative estimate of drug-likeness (QED) is 0.378. The van der Waals surface area contributed by atoms with Gasteiger partial charge in [0.2, 0.25) is 0 Å². The molecular formula is C8H14O7. The monoisotopic (exact) mass is 222 g/mol. The van der Waals surface area contributed by atoms with Crippen molar-refractivity contribution < 1.29 is 34.6 Å².